The summed E-state index contributed by atoms with van der Waals surface area (Å²) in [4.78, 5) is 22.3. The van der Waals surface area contributed by atoms with Crippen molar-refractivity contribution in [1.82, 2.24) is 0 Å². The van der Waals surface area contributed by atoms with E-state index in [2.05, 4.69) is 31.4 Å². The van der Waals surface area contributed by atoms with E-state index in [1.165, 1.54) is 13.8 Å². The second-order valence-electron chi connectivity index (χ2n) is 6.60. The molecule has 0 saturated carbocycles. The van der Waals surface area contributed by atoms with Crippen LogP contribution < -0.4 is 16.1 Å². The number of benzene rings is 3. The van der Waals surface area contributed by atoms with Crippen LogP contribution in [0.25, 0.3) is 0 Å². The van der Waals surface area contributed by atoms with Crippen LogP contribution in [0.5, 0.6) is 0 Å². The van der Waals surface area contributed by atoms with E-state index in [0.29, 0.717) is 22.9 Å². The Balaban J connectivity index is 1.77. The van der Waals surface area contributed by atoms with Crippen molar-refractivity contribution in [3.8, 4) is 0 Å². The molecule has 3 rings (SSSR count). The molecule has 31 heavy (non-hydrogen) atoms. The van der Waals surface area contributed by atoms with Crippen molar-refractivity contribution in [1.29, 1.82) is 0 Å². The lowest BCUT2D eigenvalue weighted by molar-refractivity contribution is -0.115. The largest absolute Gasteiger partial charge is 0.326 e. The lowest BCUT2D eigenvalue weighted by atomic mass is 10.2. The molecule has 3 aromatic rings. The molecule has 0 aliphatic heterocycles. The standard InChI is InChI=1S/C23H22N6O2/c1-16(30)24-19-8-12-21(13-9-19)26-28-23(18-6-4-3-5-7-18)29-27-22-14-10-20(11-15-22)25-17(2)31/h3-15,26H,1-2H3,(H,24,30)(H,25,31)/b28-23+,29-27?. The first-order valence-corrected chi connectivity index (χ1v) is 9.56. The second-order valence-corrected chi connectivity index (χ2v) is 6.60. The Morgan fingerprint density at radius 3 is 1.74 bits per heavy atom. The summed E-state index contributed by atoms with van der Waals surface area (Å²) in [5.74, 6) is 0.136. The minimum absolute atomic E-state index is 0.129. The maximum absolute atomic E-state index is 11.1. The molecule has 3 aromatic carbocycles. The van der Waals surface area contributed by atoms with Gasteiger partial charge < -0.3 is 10.6 Å². The van der Waals surface area contributed by atoms with Gasteiger partial charge in [0.15, 0.2) is 0 Å². The molecule has 0 atom stereocenters. The molecule has 0 saturated heterocycles. The number of azo groups is 1. The first kappa shape index (κ1) is 21.4. The van der Waals surface area contributed by atoms with Crippen molar-refractivity contribution in [3.05, 3.63) is 84.4 Å². The topological polar surface area (TPSA) is 107 Å². The molecule has 3 N–H and O–H groups in total. The van der Waals surface area contributed by atoms with E-state index in [1.54, 1.807) is 48.5 Å². The van der Waals surface area contributed by atoms with E-state index < -0.39 is 0 Å². The van der Waals surface area contributed by atoms with Gasteiger partial charge in [0, 0.05) is 30.8 Å². The second kappa shape index (κ2) is 10.4. The molecular formula is C23H22N6O2. The molecule has 156 valence electrons. The van der Waals surface area contributed by atoms with Gasteiger partial charge in [0.25, 0.3) is 0 Å². The van der Waals surface area contributed by atoms with Crippen LogP contribution in [0.3, 0.4) is 0 Å². The van der Waals surface area contributed by atoms with Gasteiger partial charge in [0.1, 0.15) is 0 Å². The van der Waals surface area contributed by atoms with Crippen molar-refractivity contribution >= 4 is 40.4 Å². The van der Waals surface area contributed by atoms with Gasteiger partial charge in [-0.2, -0.15) is 5.10 Å². The number of carbonyl (C=O) groups is 2. The van der Waals surface area contributed by atoms with Gasteiger partial charge in [0.05, 0.1) is 11.4 Å². The number of amides is 2. The quantitative estimate of drug-likeness (QED) is 0.224. The highest BCUT2D eigenvalue weighted by molar-refractivity contribution is 5.99. The van der Waals surface area contributed by atoms with Crippen molar-refractivity contribution in [2.45, 2.75) is 13.8 Å². The van der Waals surface area contributed by atoms with Crippen molar-refractivity contribution in [3.63, 3.8) is 0 Å². The van der Waals surface area contributed by atoms with Crippen molar-refractivity contribution in [2.24, 2.45) is 15.3 Å². The highest BCUT2D eigenvalue weighted by Gasteiger charge is 2.03. The van der Waals surface area contributed by atoms with E-state index in [9.17, 15) is 9.59 Å². The predicted molar refractivity (Wildman–Crippen MR) is 123 cm³/mol. The van der Waals surface area contributed by atoms with Crippen molar-refractivity contribution < 1.29 is 9.59 Å². The number of nitrogens with one attached hydrogen (secondary N) is 3. The molecule has 0 aromatic heterocycles. The minimum Gasteiger partial charge on any atom is -0.326 e. The molecule has 0 bridgehead atoms. The molecule has 0 fully saturated rings. The number of amidine groups is 1. The fraction of sp³-hybridized carbons (Fsp3) is 0.0870. The zero-order valence-electron chi connectivity index (χ0n) is 17.2. The summed E-state index contributed by atoms with van der Waals surface area (Å²) in [5, 5.41) is 18.4. The number of rotatable bonds is 6. The van der Waals surface area contributed by atoms with E-state index in [1.807, 2.05) is 30.3 Å². The van der Waals surface area contributed by atoms with Crippen LogP contribution >= 0.6 is 0 Å². The third-order valence-electron chi connectivity index (χ3n) is 3.98. The highest BCUT2D eigenvalue weighted by atomic mass is 16.2. The fourth-order valence-electron chi connectivity index (χ4n) is 2.60. The van der Waals surface area contributed by atoms with Crippen LogP contribution in [0.1, 0.15) is 19.4 Å². The summed E-state index contributed by atoms with van der Waals surface area (Å²) in [6.45, 7) is 2.91. The molecule has 0 unspecified atom stereocenters. The summed E-state index contributed by atoms with van der Waals surface area (Å²) in [6.07, 6.45) is 0. The number of nitrogens with zero attached hydrogens (tertiary/aromatic N) is 3. The first-order chi connectivity index (χ1) is 15.0. The smallest absolute Gasteiger partial charge is 0.221 e. The van der Waals surface area contributed by atoms with Crippen LogP contribution in [0.15, 0.2) is 94.2 Å². The van der Waals surface area contributed by atoms with Crippen molar-refractivity contribution in [2.75, 3.05) is 16.1 Å². The van der Waals surface area contributed by atoms with Crippen LogP contribution in [0.2, 0.25) is 0 Å². The van der Waals surface area contributed by atoms with E-state index in [4.69, 9.17) is 0 Å². The third-order valence-corrected chi connectivity index (χ3v) is 3.98. The van der Waals surface area contributed by atoms with Gasteiger partial charge in [-0.25, -0.2) is 0 Å². The Labute approximate surface area is 180 Å². The molecular weight excluding hydrogens is 392 g/mol. The van der Waals surface area contributed by atoms with Gasteiger partial charge in [0.2, 0.25) is 17.6 Å². The number of anilines is 3. The van der Waals surface area contributed by atoms with E-state index in [-0.39, 0.29) is 11.8 Å². The fourth-order valence-corrected chi connectivity index (χ4v) is 2.60. The molecule has 0 heterocycles. The average Bonchev–Trinajstić information content (AvgIpc) is 2.76. The minimum atomic E-state index is -0.135. The Hall–Kier alpha value is -4.33. The number of hydrogen-bond donors (Lipinski definition) is 3. The number of hydrazone groups is 1. The van der Waals surface area contributed by atoms with Gasteiger partial charge in [-0.1, -0.05) is 30.3 Å². The maximum atomic E-state index is 11.1. The van der Waals surface area contributed by atoms with Crippen LogP contribution in [-0.4, -0.2) is 17.6 Å². The molecule has 0 aliphatic carbocycles. The predicted octanol–water partition coefficient (Wildman–Crippen LogP) is 5.16. The summed E-state index contributed by atoms with van der Waals surface area (Å²) < 4.78 is 0. The zero-order valence-corrected chi connectivity index (χ0v) is 17.2. The zero-order chi connectivity index (χ0) is 22.1. The molecule has 0 spiro atoms. The Bertz CT molecular complexity index is 1090. The van der Waals surface area contributed by atoms with Gasteiger partial charge in [-0.3, -0.25) is 15.0 Å². The third kappa shape index (κ3) is 6.90. The van der Waals surface area contributed by atoms with Crippen LogP contribution in [0, 0.1) is 0 Å². The highest BCUT2D eigenvalue weighted by Crippen LogP contribution is 2.18. The Morgan fingerprint density at radius 2 is 1.19 bits per heavy atom. The van der Waals surface area contributed by atoms with E-state index in [0.717, 1.165) is 11.3 Å². The maximum Gasteiger partial charge on any atom is 0.221 e. The normalized spacial score (nSPS) is 11.2. The van der Waals surface area contributed by atoms with Gasteiger partial charge in [-0.15, -0.1) is 10.2 Å². The molecule has 8 heteroatoms. The summed E-state index contributed by atoms with van der Waals surface area (Å²) >= 11 is 0. The van der Waals surface area contributed by atoms with Gasteiger partial charge in [-0.05, 0) is 48.5 Å². The summed E-state index contributed by atoms with van der Waals surface area (Å²) in [6, 6.07) is 23.6. The molecule has 2 amide bonds. The lowest BCUT2D eigenvalue weighted by Gasteiger charge is -2.06. The Morgan fingerprint density at radius 1 is 0.677 bits per heavy atom. The van der Waals surface area contributed by atoms with E-state index >= 15 is 0 Å². The van der Waals surface area contributed by atoms with Crippen LogP contribution in [0.4, 0.5) is 22.7 Å². The lowest BCUT2D eigenvalue weighted by Crippen LogP contribution is -2.05. The molecule has 8 nitrogen and oxygen atoms in total. The summed E-state index contributed by atoms with van der Waals surface area (Å²) in [7, 11) is 0. The SMILES string of the molecule is CC(=O)Nc1ccc(N=N/C(=N/Nc2ccc(NC(C)=O)cc2)c2ccccc2)cc1. The van der Waals surface area contributed by atoms with Gasteiger partial charge >= 0.3 is 0 Å². The number of carbonyl (C=O) groups excluding carboxylic acids is 2. The molecule has 0 aliphatic rings. The average molecular weight is 414 g/mol. The number of hydrogen-bond acceptors (Lipinski definition) is 5. The Kier molecular flexibility index (Phi) is 7.21. The first-order valence-electron chi connectivity index (χ1n) is 9.56. The summed E-state index contributed by atoms with van der Waals surface area (Å²) in [5.41, 5.74) is 6.51. The monoisotopic (exact) mass is 414 g/mol. The molecule has 0 radical (unpaired) electrons. The van der Waals surface area contributed by atoms with Crippen LogP contribution in [-0.2, 0) is 9.59 Å².